The highest BCUT2D eigenvalue weighted by Gasteiger charge is 2.19. The van der Waals surface area contributed by atoms with Crippen molar-refractivity contribution in [1.29, 1.82) is 0 Å². The SMILES string of the molecule is Cc1ccc(C(C)NS(=O)(=O)c2ccc(Cl)nc2)cc1F. The van der Waals surface area contributed by atoms with Crippen LogP contribution in [0.4, 0.5) is 4.39 Å². The number of halogens is 2. The highest BCUT2D eigenvalue weighted by molar-refractivity contribution is 7.89. The van der Waals surface area contributed by atoms with Crippen molar-refractivity contribution < 1.29 is 12.8 Å². The molecule has 0 aliphatic rings. The third-order valence-corrected chi connectivity index (χ3v) is 4.79. The summed E-state index contributed by atoms with van der Waals surface area (Å²) in [5.41, 5.74) is 1.05. The molecule has 2 aromatic rings. The van der Waals surface area contributed by atoms with Gasteiger partial charge in [-0.05, 0) is 43.2 Å². The second-order valence-corrected chi connectivity index (χ2v) is 6.77. The van der Waals surface area contributed by atoms with Gasteiger partial charge in [0, 0.05) is 12.2 Å². The highest BCUT2D eigenvalue weighted by atomic mass is 35.5. The third kappa shape index (κ3) is 3.78. The Labute approximate surface area is 128 Å². The monoisotopic (exact) mass is 328 g/mol. The Kier molecular flexibility index (Phi) is 4.61. The minimum Gasteiger partial charge on any atom is -0.243 e. The van der Waals surface area contributed by atoms with Gasteiger partial charge in [-0.1, -0.05) is 23.7 Å². The number of rotatable bonds is 4. The number of pyridine rings is 1. The Balaban J connectivity index is 2.23. The van der Waals surface area contributed by atoms with E-state index in [0.717, 1.165) is 0 Å². The minimum atomic E-state index is -3.74. The molecule has 1 N–H and O–H groups in total. The molecule has 0 aliphatic heterocycles. The summed E-state index contributed by atoms with van der Waals surface area (Å²) in [6.07, 6.45) is 1.17. The molecule has 4 nitrogen and oxygen atoms in total. The van der Waals surface area contributed by atoms with Crippen LogP contribution < -0.4 is 4.72 Å². The molecule has 0 amide bonds. The molecule has 0 fully saturated rings. The van der Waals surface area contributed by atoms with E-state index >= 15 is 0 Å². The molecule has 1 atom stereocenters. The number of aromatic nitrogens is 1. The maximum atomic E-state index is 13.5. The lowest BCUT2D eigenvalue weighted by atomic mass is 10.1. The molecule has 0 saturated carbocycles. The molecule has 21 heavy (non-hydrogen) atoms. The van der Waals surface area contributed by atoms with E-state index < -0.39 is 16.1 Å². The number of nitrogens with one attached hydrogen (secondary N) is 1. The molecule has 1 heterocycles. The molecule has 0 spiro atoms. The van der Waals surface area contributed by atoms with Crippen LogP contribution in [-0.4, -0.2) is 13.4 Å². The number of hydrogen-bond acceptors (Lipinski definition) is 3. The molecule has 0 saturated heterocycles. The molecule has 112 valence electrons. The maximum absolute atomic E-state index is 13.5. The number of aryl methyl sites for hydroxylation is 1. The summed E-state index contributed by atoms with van der Waals surface area (Å²) in [6, 6.07) is 6.81. The van der Waals surface area contributed by atoms with Gasteiger partial charge in [0.05, 0.1) is 0 Å². The van der Waals surface area contributed by atoms with Crippen LogP contribution in [0.15, 0.2) is 41.4 Å². The molecular weight excluding hydrogens is 315 g/mol. The van der Waals surface area contributed by atoms with Crippen molar-refractivity contribution in [1.82, 2.24) is 9.71 Å². The standard InChI is InChI=1S/C14H14ClFN2O2S/c1-9-3-4-11(7-13(9)16)10(2)18-21(19,20)12-5-6-14(15)17-8-12/h3-8,10,18H,1-2H3. The predicted octanol–water partition coefficient (Wildman–Crippen LogP) is 3.22. The summed E-state index contributed by atoms with van der Waals surface area (Å²) in [6.45, 7) is 3.29. The minimum absolute atomic E-state index is 0.00586. The average Bonchev–Trinajstić information content (AvgIpc) is 2.41. The lowest BCUT2D eigenvalue weighted by Crippen LogP contribution is -2.27. The maximum Gasteiger partial charge on any atom is 0.242 e. The summed E-state index contributed by atoms with van der Waals surface area (Å²) in [7, 11) is -3.74. The van der Waals surface area contributed by atoms with E-state index in [9.17, 15) is 12.8 Å². The second-order valence-electron chi connectivity index (χ2n) is 4.67. The van der Waals surface area contributed by atoms with Gasteiger partial charge in [0.25, 0.3) is 0 Å². The van der Waals surface area contributed by atoms with E-state index in [2.05, 4.69) is 9.71 Å². The fourth-order valence-electron chi connectivity index (χ4n) is 1.77. The molecule has 1 unspecified atom stereocenters. The largest absolute Gasteiger partial charge is 0.243 e. The first-order valence-electron chi connectivity index (χ1n) is 6.19. The molecule has 1 aromatic carbocycles. The molecule has 1 aromatic heterocycles. The molecule has 2 rings (SSSR count). The van der Waals surface area contributed by atoms with Gasteiger partial charge in [-0.3, -0.25) is 0 Å². The van der Waals surface area contributed by atoms with E-state index in [4.69, 9.17) is 11.6 Å². The van der Waals surface area contributed by atoms with Crippen molar-refractivity contribution >= 4 is 21.6 Å². The zero-order chi connectivity index (χ0) is 15.6. The number of hydrogen-bond donors (Lipinski definition) is 1. The molecular formula is C14H14ClFN2O2S. The van der Waals surface area contributed by atoms with E-state index in [0.29, 0.717) is 11.1 Å². The van der Waals surface area contributed by atoms with Crippen molar-refractivity contribution in [3.05, 3.63) is 58.6 Å². The van der Waals surface area contributed by atoms with Crippen LogP contribution in [0.5, 0.6) is 0 Å². The van der Waals surface area contributed by atoms with Crippen molar-refractivity contribution in [2.45, 2.75) is 24.8 Å². The van der Waals surface area contributed by atoms with E-state index in [1.54, 1.807) is 26.0 Å². The van der Waals surface area contributed by atoms with Gasteiger partial charge in [0.15, 0.2) is 0 Å². The van der Waals surface area contributed by atoms with Crippen molar-refractivity contribution in [2.24, 2.45) is 0 Å². The lowest BCUT2D eigenvalue weighted by molar-refractivity contribution is 0.563. The molecule has 0 radical (unpaired) electrons. The van der Waals surface area contributed by atoms with Gasteiger partial charge in [-0.15, -0.1) is 0 Å². The topological polar surface area (TPSA) is 59.1 Å². The van der Waals surface area contributed by atoms with Gasteiger partial charge in [-0.2, -0.15) is 0 Å². The van der Waals surface area contributed by atoms with Crippen LogP contribution in [0.2, 0.25) is 5.15 Å². The van der Waals surface area contributed by atoms with Crippen molar-refractivity contribution in [3.63, 3.8) is 0 Å². The Bertz CT molecular complexity index is 748. The highest BCUT2D eigenvalue weighted by Crippen LogP contribution is 2.19. The summed E-state index contributed by atoms with van der Waals surface area (Å²) < 4.78 is 40.4. The summed E-state index contributed by atoms with van der Waals surface area (Å²) in [5.74, 6) is -0.369. The first kappa shape index (κ1) is 15.9. The van der Waals surface area contributed by atoms with Crippen LogP contribution in [0.25, 0.3) is 0 Å². The molecule has 7 heteroatoms. The van der Waals surface area contributed by atoms with Gasteiger partial charge in [0.2, 0.25) is 10.0 Å². The summed E-state index contributed by atoms with van der Waals surface area (Å²) in [5, 5.41) is 0.211. The van der Waals surface area contributed by atoms with Crippen LogP contribution in [0.1, 0.15) is 24.1 Å². The Hall–Kier alpha value is -1.50. The Morgan fingerprint density at radius 2 is 2.00 bits per heavy atom. The second kappa shape index (κ2) is 6.09. The van der Waals surface area contributed by atoms with Gasteiger partial charge in [-0.25, -0.2) is 22.5 Å². The van der Waals surface area contributed by atoms with Gasteiger partial charge in [0.1, 0.15) is 15.9 Å². The zero-order valence-corrected chi connectivity index (χ0v) is 13.0. The number of sulfonamides is 1. The lowest BCUT2D eigenvalue weighted by Gasteiger charge is -2.15. The quantitative estimate of drug-likeness (QED) is 0.877. The number of benzene rings is 1. The first-order valence-corrected chi connectivity index (χ1v) is 8.05. The van der Waals surface area contributed by atoms with Gasteiger partial charge >= 0.3 is 0 Å². The van der Waals surface area contributed by atoms with Crippen LogP contribution in [0, 0.1) is 12.7 Å². The summed E-state index contributed by atoms with van der Waals surface area (Å²) >= 11 is 5.63. The Morgan fingerprint density at radius 3 is 2.57 bits per heavy atom. The van der Waals surface area contributed by atoms with Crippen LogP contribution in [0.3, 0.4) is 0 Å². The molecule has 0 bridgehead atoms. The average molecular weight is 329 g/mol. The fourth-order valence-corrected chi connectivity index (χ4v) is 3.06. The molecule has 0 aliphatic carbocycles. The fraction of sp³-hybridized carbons (Fsp3) is 0.214. The number of nitrogens with zero attached hydrogens (tertiary/aromatic N) is 1. The van der Waals surface area contributed by atoms with E-state index in [-0.39, 0.29) is 15.9 Å². The Morgan fingerprint density at radius 1 is 1.29 bits per heavy atom. The summed E-state index contributed by atoms with van der Waals surface area (Å²) in [4.78, 5) is 3.74. The zero-order valence-electron chi connectivity index (χ0n) is 11.5. The van der Waals surface area contributed by atoms with Crippen molar-refractivity contribution in [3.8, 4) is 0 Å². The smallest absolute Gasteiger partial charge is 0.242 e. The van der Waals surface area contributed by atoms with Crippen molar-refractivity contribution in [2.75, 3.05) is 0 Å². The van der Waals surface area contributed by atoms with Crippen LogP contribution >= 0.6 is 11.6 Å². The normalized spacial score (nSPS) is 13.1. The third-order valence-electron chi connectivity index (χ3n) is 3.04. The van der Waals surface area contributed by atoms with Gasteiger partial charge < -0.3 is 0 Å². The van der Waals surface area contributed by atoms with E-state index in [1.807, 2.05) is 0 Å². The van der Waals surface area contributed by atoms with E-state index in [1.165, 1.54) is 24.4 Å². The van der Waals surface area contributed by atoms with Crippen LogP contribution in [-0.2, 0) is 10.0 Å². The first-order chi connectivity index (χ1) is 9.79. The predicted molar refractivity (Wildman–Crippen MR) is 79.1 cm³/mol.